The number of amides is 1. The Morgan fingerprint density at radius 2 is 2.12 bits per heavy atom. The standard InChI is InChI=1S/C16H13N3O4S/c1-10(20)12-9-24-16(17-12)18-15(22)13-6-5-11(23-13)8-19-7-3-2-4-14(19)21/h2-7,9H,8H2,1H3,(H,17,18,22). The molecule has 0 spiro atoms. The van der Waals surface area contributed by atoms with E-state index in [4.69, 9.17) is 4.42 Å². The van der Waals surface area contributed by atoms with Crippen LogP contribution in [0.4, 0.5) is 5.13 Å². The first kappa shape index (κ1) is 15.9. The average Bonchev–Trinajstić information content (AvgIpc) is 3.19. The van der Waals surface area contributed by atoms with Gasteiger partial charge in [0.25, 0.3) is 11.5 Å². The number of carbonyl (C=O) groups is 2. The number of furan rings is 1. The van der Waals surface area contributed by atoms with Crippen molar-refractivity contribution < 1.29 is 14.0 Å². The molecule has 122 valence electrons. The molecule has 1 N–H and O–H groups in total. The molecule has 0 aliphatic carbocycles. The van der Waals surface area contributed by atoms with Gasteiger partial charge in [-0.2, -0.15) is 0 Å². The minimum absolute atomic E-state index is 0.105. The lowest BCUT2D eigenvalue weighted by Gasteiger charge is -2.02. The molecule has 0 radical (unpaired) electrons. The maximum atomic E-state index is 12.1. The summed E-state index contributed by atoms with van der Waals surface area (Å²) in [6.07, 6.45) is 1.64. The predicted octanol–water partition coefficient (Wildman–Crippen LogP) is 2.40. The summed E-state index contributed by atoms with van der Waals surface area (Å²) in [4.78, 5) is 39.0. The SMILES string of the molecule is CC(=O)c1csc(NC(=O)c2ccc(Cn3ccccc3=O)o2)n1. The minimum Gasteiger partial charge on any atom is -0.454 e. The smallest absolute Gasteiger partial charge is 0.293 e. The van der Waals surface area contributed by atoms with Gasteiger partial charge < -0.3 is 8.98 Å². The van der Waals surface area contributed by atoms with Crippen LogP contribution >= 0.6 is 11.3 Å². The summed E-state index contributed by atoms with van der Waals surface area (Å²) < 4.78 is 6.94. The second-order valence-corrected chi connectivity index (χ2v) is 5.84. The highest BCUT2D eigenvalue weighted by molar-refractivity contribution is 7.14. The second kappa shape index (κ2) is 6.63. The van der Waals surface area contributed by atoms with Gasteiger partial charge in [0.15, 0.2) is 16.7 Å². The Hall–Kier alpha value is -3.00. The molecule has 0 fully saturated rings. The molecule has 0 aliphatic heterocycles. The normalized spacial score (nSPS) is 10.5. The first-order valence-corrected chi connectivity index (χ1v) is 7.93. The maximum absolute atomic E-state index is 12.1. The Balaban J connectivity index is 1.70. The molecule has 7 nitrogen and oxygen atoms in total. The van der Waals surface area contributed by atoms with Crippen LogP contribution in [-0.2, 0) is 6.54 Å². The van der Waals surface area contributed by atoms with Crippen molar-refractivity contribution in [2.45, 2.75) is 13.5 Å². The van der Waals surface area contributed by atoms with Crippen LogP contribution in [0.5, 0.6) is 0 Å². The summed E-state index contributed by atoms with van der Waals surface area (Å²) in [5.41, 5.74) is 0.151. The molecule has 0 saturated heterocycles. The van der Waals surface area contributed by atoms with E-state index in [1.807, 2.05) is 0 Å². The van der Waals surface area contributed by atoms with Gasteiger partial charge in [-0.3, -0.25) is 19.7 Å². The summed E-state index contributed by atoms with van der Waals surface area (Å²) >= 11 is 1.16. The number of anilines is 1. The second-order valence-electron chi connectivity index (χ2n) is 4.98. The number of nitrogens with one attached hydrogen (secondary N) is 1. The quantitative estimate of drug-likeness (QED) is 0.718. The zero-order valence-electron chi connectivity index (χ0n) is 12.7. The number of rotatable bonds is 5. The Morgan fingerprint density at radius 3 is 2.83 bits per heavy atom. The fourth-order valence-corrected chi connectivity index (χ4v) is 2.74. The summed E-state index contributed by atoms with van der Waals surface area (Å²) in [5, 5.41) is 4.47. The number of thiazole rings is 1. The number of hydrogen-bond donors (Lipinski definition) is 1. The van der Waals surface area contributed by atoms with Crippen molar-refractivity contribution in [2.24, 2.45) is 0 Å². The fraction of sp³-hybridized carbons (Fsp3) is 0.125. The van der Waals surface area contributed by atoms with E-state index in [1.54, 1.807) is 29.8 Å². The van der Waals surface area contributed by atoms with Crippen molar-refractivity contribution in [3.05, 3.63) is 69.5 Å². The number of Topliss-reactive ketones (excluding diaryl/α,β-unsaturated/α-hetero) is 1. The van der Waals surface area contributed by atoms with Gasteiger partial charge in [-0.1, -0.05) is 6.07 Å². The summed E-state index contributed by atoms with van der Waals surface area (Å²) in [5.74, 6) is -0.0444. The van der Waals surface area contributed by atoms with Gasteiger partial charge in [-0.05, 0) is 18.2 Å². The molecule has 0 aromatic carbocycles. The first-order valence-electron chi connectivity index (χ1n) is 7.05. The van der Waals surface area contributed by atoms with Crippen LogP contribution in [0.25, 0.3) is 0 Å². The Kier molecular flexibility index (Phi) is 4.39. The summed E-state index contributed by atoms with van der Waals surface area (Å²) in [7, 11) is 0. The van der Waals surface area contributed by atoms with E-state index in [1.165, 1.54) is 23.6 Å². The molecule has 3 rings (SSSR count). The topological polar surface area (TPSA) is 94.2 Å². The van der Waals surface area contributed by atoms with Gasteiger partial charge in [0, 0.05) is 24.6 Å². The van der Waals surface area contributed by atoms with Crippen LogP contribution in [0.3, 0.4) is 0 Å². The molecule has 0 bridgehead atoms. The van der Waals surface area contributed by atoms with Crippen molar-refractivity contribution in [3.63, 3.8) is 0 Å². The average molecular weight is 343 g/mol. The van der Waals surface area contributed by atoms with Crippen molar-refractivity contribution in [1.82, 2.24) is 9.55 Å². The molecule has 0 saturated carbocycles. The highest BCUT2D eigenvalue weighted by atomic mass is 32.1. The summed E-state index contributed by atoms with van der Waals surface area (Å²) in [6, 6.07) is 8.01. The van der Waals surface area contributed by atoms with E-state index in [-0.39, 0.29) is 23.6 Å². The Morgan fingerprint density at radius 1 is 1.29 bits per heavy atom. The van der Waals surface area contributed by atoms with E-state index in [2.05, 4.69) is 10.3 Å². The summed E-state index contributed by atoms with van der Waals surface area (Å²) in [6.45, 7) is 1.64. The fourth-order valence-electron chi connectivity index (χ4n) is 2.00. The molecular formula is C16H13N3O4S. The first-order chi connectivity index (χ1) is 11.5. The van der Waals surface area contributed by atoms with Gasteiger partial charge in [0.2, 0.25) is 0 Å². The largest absolute Gasteiger partial charge is 0.454 e. The molecule has 0 unspecified atom stereocenters. The van der Waals surface area contributed by atoms with E-state index in [9.17, 15) is 14.4 Å². The number of pyridine rings is 1. The molecule has 1 amide bonds. The van der Waals surface area contributed by atoms with Crippen LogP contribution in [0.15, 0.2) is 51.1 Å². The van der Waals surface area contributed by atoms with Gasteiger partial charge in [0.1, 0.15) is 11.5 Å². The van der Waals surface area contributed by atoms with E-state index >= 15 is 0 Å². The van der Waals surface area contributed by atoms with Crippen molar-refractivity contribution in [3.8, 4) is 0 Å². The van der Waals surface area contributed by atoms with Crippen LogP contribution in [-0.4, -0.2) is 21.2 Å². The molecule has 24 heavy (non-hydrogen) atoms. The third kappa shape index (κ3) is 3.49. The number of ketones is 1. The number of hydrogen-bond acceptors (Lipinski definition) is 6. The lowest BCUT2D eigenvalue weighted by atomic mass is 10.4. The van der Waals surface area contributed by atoms with E-state index in [0.717, 1.165) is 11.3 Å². The Labute approximate surface area is 140 Å². The molecule has 0 aliphatic rings. The lowest BCUT2D eigenvalue weighted by molar-refractivity contribution is 0.0989. The monoisotopic (exact) mass is 343 g/mol. The number of nitrogens with zero attached hydrogens (tertiary/aromatic N) is 2. The van der Waals surface area contributed by atoms with Crippen molar-refractivity contribution >= 4 is 28.2 Å². The number of carbonyl (C=O) groups excluding carboxylic acids is 2. The van der Waals surface area contributed by atoms with Gasteiger partial charge in [-0.15, -0.1) is 11.3 Å². The van der Waals surface area contributed by atoms with Gasteiger partial charge in [0.05, 0.1) is 6.54 Å². The van der Waals surface area contributed by atoms with Crippen LogP contribution < -0.4 is 10.9 Å². The highest BCUT2D eigenvalue weighted by Gasteiger charge is 2.14. The molecule has 3 aromatic heterocycles. The third-order valence-electron chi connectivity index (χ3n) is 3.20. The van der Waals surface area contributed by atoms with Crippen LogP contribution in [0.2, 0.25) is 0 Å². The van der Waals surface area contributed by atoms with Crippen LogP contribution in [0, 0.1) is 0 Å². The molecule has 3 heterocycles. The molecule has 3 aromatic rings. The zero-order valence-corrected chi connectivity index (χ0v) is 13.5. The zero-order chi connectivity index (χ0) is 17.1. The molecule has 0 atom stereocenters. The van der Waals surface area contributed by atoms with Gasteiger partial charge in [-0.25, -0.2) is 4.98 Å². The Bertz CT molecular complexity index is 954. The third-order valence-corrected chi connectivity index (χ3v) is 3.95. The number of aromatic nitrogens is 2. The molecular weight excluding hydrogens is 330 g/mol. The van der Waals surface area contributed by atoms with Crippen molar-refractivity contribution in [1.29, 1.82) is 0 Å². The highest BCUT2D eigenvalue weighted by Crippen LogP contribution is 2.17. The van der Waals surface area contributed by atoms with Crippen molar-refractivity contribution in [2.75, 3.05) is 5.32 Å². The van der Waals surface area contributed by atoms with E-state index < -0.39 is 5.91 Å². The van der Waals surface area contributed by atoms with Gasteiger partial charge >= 0.3 is 0 Å². The van der Waals surface area contributed by atoms with E-state index in [0.29, 0.717) is 16.6 Å². The molecule has 8 heteroatoms. The van der Waals surface area contributed by atoms with Crippen LogP contribution in [0.1, 0.15) is 33.7 Å². The maximum Gasteiger partial charge on any atom is 0.293 e. The lowest BCUT2D eigenvalue weighted by Crippen LogP contribution is -2.18. The minimum atomic E-state index is -0.467. The predicted molar refractivity (Wildman–Crippen MR) is 88.6 cm³/mol.